The third-order valence-corrected chi connectivity index (χ3v) is 8.32. The summed E-state index contributed by atoms with van der Waals surface area (Å²) in [4.78, 5) is 44.4. The molecule has 8 nitrogen and oxygen atoms in total. The molecular formula is C31H40N4O4. The number of aryl methyl sites for hydroxylation is 1. The van der Waals surface area contributed by atoms with E-state index in [-0.39, 0.29) is 23.8 Å². The first-order valence-electron chi connectivity index (χ1n) is 14.5. The minimum absolute atomic E-state index is 0.0321. The number of ether oxygens (including phenoxy) is 1. The Morgan fingerprint density at radius 1 is 0.872 bits per heavy atom. The van der Waals surface area contributed by atoms with Crippen molar-refractivity contribution in [3.8, 4) is 5.75 Å². The van der Waals surface area contributed by atoms with Crippen LogP contribution in [0.2, 0.25) is 0 Å². The quantitative estimate of drug-likeness (QED) is 0.316. The molecule has 39 heavy (non-hydrogen) atoms. The Bertz CT molecular complexity index is 1150. The van der Waals surface area contributed by atoms with Crippen molar-refractivity contribution in [2.24, 2.45) is 5.73 Å². The van der Waals surface area contributed by atoms with Gasteiger partial charge in [-0.3, -0.25) is 14.4 Å². The molecule has 0 bridgehead atoms. The van der Waals surface area contributed by atoms with Crippen molar-refractivity contribution in [1.29, 1.82) is 0 Å². The zero-order valence-electron chi connectivity index (χ0n) is 22.7. The number of para-hydroxylation sites is 1. The fraction of sp³-hybridized carbons (Fsp3) is 0.516. The molecule has 0 aromatic heterocycles. The first-order valence-corrected chi connectivity index (χ1v) is 14.5. The lowest BCUT2D eigenvalue weighted by atomic mass is 9.95. The number of piperidine rings is 2. The molecule has 2 amide bonds. The third kappa shape index (κ3) is 6.86. The summed E-state index contributed by atoms with van der Waals surface area (Å²) in [5.74, 6) is 0.361. The number of likely N-dealkylation sites (tertiary alicyclic amines) is 2. The zero-order valence-corrected chi connectivity index (χ0v) is 22.7. The maximum absolute atomic E-state index is 13.1. The number of amides is 2. The number of nitrogens with zero attached hydrogens (tertiary/aromatic N) is 3. The molecule has 8 heteroatoms. The van der Waals surface area contributed by atoms with E-state index in [1.54, 1.807) is 24.3 Å². The normalized spacial score (nSPS) is 19.2. The van der Waals surface area contributed by atoms with Crippen molar-refractivity contribution in [1.82, 2.24) is 9.80 Å². The fourth-order valence-electron chi connectivity index (χ4n) is 5.99. The van der Waals surface area contributed by atoms with E-state index in [2.05, 4.69) is 11.0 Å². The summed E-state index contributed by atoms with van der Waals surface area (Å²) in [7, 11) is 0. The number of carbonyl (C=O) groups excluding carboxylic acids is 3. The van der Waals surface area contributed by atoms with E-state index in [0.717, 1.165) is 70.3 Å². The Hall–Kier alpha value is -3.23. The molecule has 0 aliphatic carbocycles. The molecule has 2 saturated heterocycles. The van der Waals surface area contributed by atoms with Gasteiger partial charge in [0.2, 0.25) is 5.91 Å². The summed E-state index contributed by atoms with van der Waals surface area (Å²) in [6.07, 6.45) is 7.09. The number of nitrogens with two attached hydrogens (primary N) is 1. The summed E-state index contributed by atoms with van der Waals surface area (Å²) in [5.41, 5.74) is 8.78. The summed E-state index contributed by atoms with van der Waals surface area (Å²) >= 11 is 0. The van der Waals surface area contributed by atoms with Gasteiger partial charge >= 0.3 is 5.97 Å². The van der Waals surface area contributed by atoms with Gasteiger partial charge in [-0.25, -0.2) is 0 Å². The topological polar surface area (TPSA) is 96.2 Å². The van der Waals surface area contributed by atoms with Crippen molar-refractivity contribution >= 4 is 23.5 Å². The highest BCUT2D eigenvalue weighted by molar-refractivity contribution is 5.97. The summed E-state index contributed by atoms with van der Waals surface area (Å²) in [6.45, 7) is 4.30. The molecule has 0 atom stereocenters. The minimum Gasteiger partial charge on any atom is -0.427 e. The average Bonchev–Trinajstić information content (AvgIpc) is 2.96. The predicted octanol–water partition coefficient (Wildman–Crippen LogP) is 3.77. The van der Waals surface area contributed by atoms with Gasteiger partial charge in [-0.05, 0) is 100 Å². The largest absolute Gasteiger partial charge is 0.427 e. The van der Waals surface area contributed by atoms with Gasteiger partial charge in [0.05, 0.1) is 0 Å². The molecule has 0 radical (unpaired) electrons. The van der Waals surface area contributed by atoms with E-state index in [4.69, 9.17) is 10.5 Å². The van der Waals surface area contributed by atoms with E-state index in [1.165, 1.54) is 5.56 Å². The van der Waals surface area contributed by atoms with Crippen molar-refractivity contribution < 1.29 is 19.1 Å². The lowest BCUT2D eigenvalue weighted by Crippen LogP contribution is -2.50. The third-order valence-electron chi connectivity index (χ3n) is 8.32. The minimum atomic E-state index is -0.245. The van der Waals surface area contributed by atoms with Crippen molar-refractivity contribution in [3.05, 3.63) is 59.7 Å². The molecule has 2 fully saturated rings. The van der Waals surface area contributed by atoms with Crippen molar-refractivity contribution in [3.63, 3.8) is 0 Å². The summed E-state index contributed by atoms with van der Waals surface area (Å²) in [5, 5.41) is 0. The fourth-order valence-corrected chi connectivity index (χ4v) is 5.99. The van der Waals surface area contributed by atoms with Crippen LogP contribution in [0.15, 0.2) is 48.5 Å². The monoisotopic (exact) mass is 532 g/mol. The number of hydrogen-bond acceptors (Lipinski definition) is 6. The molecular weight excluding hydrogens is 492 g/mol. The number of anilines is 1. The van der Waals surface area contributed by atoms with Crippen LogP contribution in [0.3, 0.4) is 0 Å². The van der Waals surface area contributed by atoms with Crippen LogP contribution in [0.4, 0.5) is 5.69 Å². The predicted molar refractivity (Wildman–Crippen MR) is 151 cm³/mol. The van der Waals surface area contributed by atoms with Crippen LogP contribution in [0.25, 0.3) is 0 Å². The van der Waals surface area contributed by atoms with Crippen molar-refractivity contribution in [2.75, 3.05) is 37.6 Å². The number of unbranched alkanes of at least 4 members (excludes halogenated alkanes) is 1. The van der Waals surface area contributed by atoms with Gasteiger partial charge in [0.1, 0.15) is 5.75 Å². The highest BCUT2D eigenvalue weighted by Crippen LogP contribution is 2.32. The van der Waals surface area contributed by atoms with Crippen LogP contribution in [-0.2, 0) is 16.0 Å². The second-order valence-corrected chi connectivity index (χ2v) is 11.1. The maximum Gasteiger partial charge on any atom is 0.311 e. The SMILES string of the molecule is NC1CCN(CCCCC(=O)Oc2ccc(C(=O)N3CCC(N4C(=O)CCc5ccccc54)CC3)cc2)CC1. The Labute approximate surface area is 231 Å². The number of hydrogen-bond donors (Lipinski definition) is 1. The molecule has 5 rings (SSSR count). The van der Waals surface area contributed by atoms with E-state index in [0.29, 0.717) is 43.3 Å². The maximum atomic E-state index is 13.1. The standard InChI is InChI=1S/C31H40N4O4/c32-25-14-19-33(20-15-25)18-4-3-7-30(37)39-27-11-8-24(9-12-27)31(38)34-21-16-26(17-22-34)35-28-6-2-1-5-23(28)10-13-29(35)36/h1-2,5-6,8-9,11-12,25-26H,3-4,7,10,13-22,32H2. The van der Waals surface area contributed by atoms with Crippen LogP contribution >= 0.6 is 0 Å². The number of esters is 1. The molecule has 2 aromatic carbocycles. The van der Waals surface area contributed by atoms with Gasteiger partial charge in [0, 0.05) is 49.3 Å². The van der Waals surface area contributed by atoms with Crippen LogP contribution in [0.1, 0.15) is 67.3 Å². The Kier molecular flexibility index (Phi) is 8.94. The molecule has 3 aliphatic heterocycles. The number of rotatable bonds is 8. The van der Waals surface area contributed by atoms with Crippen molar-refractivity contribution in [2.45, 2.75) is 69.9 Å². The van der Waals surface area contributed by atoms with E-state index < -0.39 is 0 Å². The summed E-state index contributed by atoms with van der Waals surface area (Å²) in [6, 6.07) is 15.4. The van der Waals surface area contributed by atoms with Gasteiger partial charge in [-0.2, -0.15) is 0 Å². The van der Waals surface area contributed by atoms with E-state index in [1.807, 2.05) is 28.0 Å². The van der Waals surface area contributed by atoms with E-state index in [9.17, 15) is 14.4 Å². The molecule has 0 spiro atoms. The lowest BCUT2D eigenvalue weighted by molar-refractivity contribution is -0.134. The first kappa shape index (κ1) is 27.3. The molecule has 3 heterocycles. The highest BCUT2D eigenvalue weighted by atomic mass is 16.5. The van der Waals surface area contributed by atoms with E-state index >= 15 is 0 Å². The second kappa shape index (κ2) is 12.7. The molecule has 0 unspecified atom stereocenters. The average molecular weight is 533 g/mol. The molecule has 208 valence electrons. The molecule has 0 saturated carbocycles. The van der Waals surface area contributed by atoms with Gasteiger partial charge in [0.25, 0.3) is 5.91 Å². The van der Waals surface area contributed by atoms with Gasteiger partial charge in [-0.1, -0.05) is 18.2 Å². The van der Waals surface area contributed by atoms with Crippen LogP contribution in [0, 0.1) is 0 Å². The number of benzene rings is 2. The van der Waals surface area contributed by atoms with Gasteiger partial charge < -0.3 is 25.2 Å². The number of carbonyl (C=O) groups is 3. The van der Waals surface area contributed by atoms with Gasteiger partial charge in [0.15, 0.2) is 0 Å². The Balaban J connectivity index is 1.05. The summed E-state index contributed by atoms with van der Waals surface area (Å²) < 4.78 is 5.49. The van der Waals surface area contributed by atoms with Crippen LogP contribution in [-0.4, -0.2) is 72.4 Å². The zero-order chi connectivity index (χ0) is 27.2. The molecule has 2 aromatic rings. The Morgan fingerprint density at radius 2 is 1.59 bits per heavy atom. The first-order chi connectivity index (χ1) is 19.0. The Morgan fingerprint density at radius 3 is 2.33 bits per heavy atom. The van der Waals surface area contributed by atoms with Crippen LogP contribution in [0.5, 0.6) is 5.75 Å². The van der Waals surface area contributed by atoms with Gasteiger partial charge in [-0.15, -0.1) is 0 Å². The highest BCUT2D eigenvalue weighted by Gasteiger charge is 2.33. The smallest absolute Gasteiger partial charge is 0.311 e. The second-order valence-electron chi connectivity index (χ2n) is 11.1. The lowest BCUT2D eigenvalue weighted by Gasteiger charge is -2.41. The molecule has 2 N–H and O–H groups in total. The molecule has 3 aliphatic rings. The van der Waals surface area contributed by atoms with Crippen LogP contribution < -0.4 is 15.4 Å². The number of fused-ring (bicyclic) bond motifs is 1.